The molecular formula is C10H9ClF3N3O4S. The second-order valence-corrected chi connectivity index (χ2v) is 5.82. The summed E-state index contributed by atoms with van der Waals surface area (Å²) in [5.41, 5.74) is -5.15. The third-order valence-electron chi connectivity index (χ3n) is 2.30. The molecule has 2 heterocycles. The Labute approximate surface area is 127 Å². The largest absolute Gasteiger partial charge is 0.741 e. The van der Waals surface area contributed by atoms with Gasteiger partial charge in [0.05, 0.1) is 5.39 Å². The second kappa shape index (κ2) is 6.18. The van der Waals surface area contributed by atoms with E-state index in [0.29, 0.717) is 21.9 Å². The fourth-order valence-electron chi connectivity index (χ4n) is 1.32. The Morgan fingerprint density at radius 1 is 1.41 bits per heavy atom. The van der Waals surface area contributed by atoms with Crippen molar-refractivity contribution in [1.82, 2.24) is 9.97 Å². The minimum atomic E-state index is -6.09. The first-order chi connectivity index (χ1) is 9.83. The second-order valence-electron chi connectivity index (χ2n) is 4.06. The number of H-pyrrole nitrogens is 1. The lowest BCUT2D eigenvalue weighted by atomic mass is 10.3. The van der Waals surface area contributed by atoms with Gasteiger partial charge >= 0.3 is 5.51 Å². The Morgan fingerprint density at radius 2 is 1.91 bits per heavy atom. The SMILES string of the molecule is Cc1nc2c[n+](C)c(Cl)cc2c(=O)[nH]1.O=S(=O)([O-])C(F)(F)F. The van der Waals surface area contributed by atoms with Crippen molar-refractivity contribution < 1.29 is 30.7 Å². The van der Waals surface area contributed by atoms with Crippen LogP contribution in [0.1, 0.15) is 5.82 Å². The molecule has 1 N–H and O–H groups in total. The Bertz CT molecular complexity index is 864. The van der Waals surface area contributed by atoms with Crippen molar-refractivity contribution in [2.75, 3.05) is 0 Å². The third-order valence-corrected chi connectivity index (χ3v) is 3.25. The van der Waals surface area contributed by atoms with Crippen LogP contribution < -0.4 is 10.1 Å². The van der Waals surface area contributed by atoms with Crippen molar-refractivity contribution >= 4 is 32.6 Å². The van der Waals surface area contributed by atoms with E-state index in [9.17, 15) is 18.0 Å². The number of pyridine rings is 1. The van der Waals surface area contributed by atoms with Crippen LogP contribution in [0.15, 0.2) is 17.1 Å². The average molecular weight is 360 g/mol. The molecule has 0 unspecified atom stereocenters. The quantitative estimate of drug-likeness (QED) is 0.323. The summed E-state index contributed by atoms with van der Waals surface area (Å²) in [4.78, 5) is 18.3. The minimum Gasteiger partial charge on any atom is -0.741 e. The molecule has 122 valence electrons. The number of alkyl halides is 3. The summed E-state index contributed by atoms with van der Waals surface area (Å²) in [5.74, 6) is 0.602. The van der Waals surface area contributed by atoms with Crippen molar-refractivity contribution in [1.29, 1.82) is 0 Å². The van der Waals surface area contributed by atoms with Crippen LogP contribution in [0.3, 0.4) is 0 Å². The molecule has 0 aromatic carbocycles. The normalized spacial score (nSPS) is 12.0. The number of aryl methyl sites for hydroxylation is 2. The average Bonchev–Trinajstić information content (AvgIpc) is 2.30. The Hall–Kier alpha value is -1.72. The van der Waals surface area contributed by atoms with E-state index in [0.717, 1.165) is 0 Å². The molecule has 2 rings (SSSR count). The number of hydrogen-bond donors (Lipinski definition) is 1. The van der Waals surface area contributed by atoms with Crippen molar-refractivity contribution in [2.24, 2.45) is 7.05 Å². The van der Waals surface area contributed by atoms with Gasteiger partial charge < -0.3 is 9.54 Å². The van der Waals surface area contributed by atoms with E-state index in [4.69, 9.17) is 24.6 Å². The van der Waals surface area contributed by atoms with Crippen LogP contribution in [0.5, 0.6) is 0 Å². The first-order valence-corrected chi connectivity index (χ1v) is 7.19. The molecule has 0 fully saturated rings. The predicted molar refractivity (Wildman–Crippen MR) is 69.0 cm³/mol. The van der Waals surface area contributed by atoms with Gasteiger partial charge in [-0.2, -0.15) is 17.7 Å². The van der Waals surface area contributed by atoms with Crippen molar-refractivity contribution in [2.45, 2.75) is 12.4 Å². The maximum Gasteiger partial charge on any atom is 0.485 e. The summed E-state index contributed by atoms with van der Waals surface area (Å²) in [6.45, 7) is 1.75. The summed E-state index contributed by atoms with van der Waals surface area (Å²) < 4.78 is 60.6. The number of hydrogen-bond acceptors (Lipinski definition) is 5. The molecule has 0 amide bonds. The Morgan fingerprint density at radius 3 is 2.36 bits per heavy atom. The number of nitrogens with one attached hydrogen (secondary N) is 1. The molecule has 0 saturated heterocycles. The number of halogens is 4. The Kier molecular flexibility index (Phi) is 5.15. The van der Waals surface area contributed by atoms with E-state index in [2.05, 4.69) is 9.97 Å². The topological polar surface area (TPSA) is 107 Å². The monoisotopic (exact) mass is 359 g/mol. The van der Waals surface area contributed by atoms with Crippen LogP contribution >= 0.6 is 11.6 Å². The molecule has 22 heavy (non-hydrogen) atoms. The van der Waals surface area contributed by atoms with Gasteiger partial charge in [0, 0.05) is 6.07 Å². The van der Waals surface area contributed by atoms with Gasteiger partial charge in [0.15, 0.2) is 16.3 Å². The van der Waals surface area contributed by atoms with Crippen LogP contribution in [0.4, 0.5) is 13.2 Å². The van der Waals surface area contributed by atoms with Gasteiger partial charge in [0.1, 0.15) is 18.4 Å². The van der Waals surface area contributed by atoms with Gasteiger partial charge in [-0.1, -0.05) is 0 Å². The standard InChI is InChI=1S/C9H8ClN3O.CHF3O3S/c1-5-11-7-4-13(2)8(10)3-6(7)9(14)12-5;2-1(3,4)8(5,6)7/h3-4H,1-2H3;(H,5,6,7). The zero-order valence-electron chi connectivity index (χ0n) is 11.1. The van der Waals surface area contributed by atoms with Gasteiger partial charge in [-0.25, -0.2) is 13.4 Å². The highest BCUT2D eigenvalue weighted by Gasteiger charge is 2.36. The van der Waals surface area contributed by atoms with E-state index in [1.807, 2.05) is 0 Å². The molecule has 0 radical (unpaired) electrons. The lowest BCUT2D eigenvalue weighted by Crippen LogP contribution is -2.29. The summed E-state index contributed by atoms with van der Waals surface area (Å²) >= 11 is 5.88. The van der Waals surface area contributed by atoms with Crippen LogP contribution in [0.2, 0.25) is 5.15 Å². The van der Waals surface area contributed by atoms with E-state index in [-0.39, 0.29) is 5.56 Å². The van der Waals surface area contributed by atoms with Crippen LogP contribution in [0.25, 0.3) is 10.9 Å². The molecular weight excluding hydrogens is 351 g/mol. The van der Waals surface area contributed by atoms with E-state index < -0.39 is 15.6 Å². The zero-order chi connectivity index (χ0) is 17.3. The van der Waals surface area contributed by atoms with Crippen LogP contribution in [-0.2, 0) is 17.2 Å². The maximum atomic E-state index is 11.5. The molecule has 12 heteroatoms. The molecule has 0 aliphatic heterocycles. The highest BCUT2D eigenvalue weighted by Crippen LogP contribution is 2.20. The molecule has 0 atom stereocenters. The molecule has 0 bridgehead atoms. The smallest absolute Gasteiger partial charge is 0.485 e. The molecule has 7 nitrogen and oxygen atoms in total. The zero-order valence-corrected chi connectivity index (χ0v) is 12.7. The number of rotatable bonds is 0. The number of nitrogens with zero attached hydrogens (tertiary/aromatic N) is 2. The van der Waals surface area contributed by atoms with E-state index in [1.165, 1.54) is 0 Å². The molecule has 0 aliphatic carbocycles. The van der Waals surface area contributed by atoms with Gasteiger partial charge in [-0.15, -0.1) is 0 Å². The minimum absolute atomic E-state index is 0.157. The summed E-state index contributed by atoms with van der Waals surface area (Å²) in [5, 5.41) is 1.02. The maximum absolute atomic E-state index is 11.5. The lowest BCUT2D eigenvalue weighted by molar-refractivity contribution is -0.668. The summed E-state index contributed by atoms with van der Waals surface area (Å²) in [6.07, 6.45) is 1.74. The van der Waals surface area contributed by atoms with Crippen LogP contribution in [0, 0.1) is 6.92 Å². The van der Waals surface area contributed by atoms with Crippen molar-refractivity contribution in [3.63, 3.8) is 0 Å². The molecule has 0 aliphatic rings. The highest BCUT2D eigenvalue weighted by molar-refractivity contribution is 7.86. The molecule has 2 aromatic heterocycles. The predicted octanol–water partition coefficient (Wildman–Crippen LogP) is 0.761. The fourth-order valence-corrected chi connectivity index (χ4v) is 1.48. The third kappa shape index (κ3) is 4.39. The van der Waals surface area contributed by atoms with E-state index >= 15 is 0 Å². The highest BCUT2D eigenvalue weighted by atomic mass is 35.5. The molecule has 2 aromatic rings. The van der Waals surface area contributed by atoms with Gasteiger partial charge in [0.25, 0.3) is 10.7 Å². The first-order valence-electron chi connectivity index (χ1n) is 5.41. The molecule has 0 saturated carbocycles. The van der Waals surface area contributed by atoms with Gasteiger partial charge in [0.2, 0.25) is 0 Å². The summed E-state index contributed by atoms with van der Waals surface area (Å²) in [7, 11) is -4.28. The summed E-state index contributed by atoms with van der Waals surface area (Å²) in [6, 6.07) is 1.61. The number of aromatic amines is 1. The lowest BCUT2D eigenvalue weighted by Gasteiger charge is -2.08. The van der Waals surface area contributed by atoms with Crippen molar-refractivity contribution in [3.8, 4) is 0 Å². The number of fused-ring (bicyclic) bond motifs is 1. The van der Waals surface area contributed by atoms with Crippen LogP contribution in [-0.4, -0.2) is 28.4 Å². The number of aromatic nitrogens is 3. The van der Waals surface area contributed by atoms with E-state index in [1.54, 1.807) is 30.8 Å². The van der Waals surface area contributed by atoms with Gasteiger partial charge in [-0.05, 0) is 18.5 Å². The molecule has 0 spiro atoms. The Balaban J connectivity index is 0.000000261. The fraction of sp³-hybridized carbons (Fsp3) is 0.300. The van der Waals surface area contributed by atoms with Gasteiger partial charge in [-0.3, -0.25) is 4.79 Å². The van der Waals surface area contributed by atoms with Crippen molar-refractivity contribution in [3.05, 3.63) is 33.6 Å². The first kappa shape index (κ1) is 18.3.